The van der Waals surface area contributed by atoms with Crippen LogP contribution in [-0.2, 0) is 11.3 Å². The van der Waals surface area contributed by atoms with Crippen LogP contribution in [0.15, 0.2) is 46.9 Å². The van der Waals surface area contributed by atoms with Crippen LogP contribution in [-0.4, -0.2) is 30.3 Å². The second-order valence-corrected chi connectivity index (χ2v) is 6.79. The first kappa shape index (κ1) is 16.8. The molecule has 0 radical (unpaired) electrons. The molecule has 1 saturated heterocycles. The number of anilines is 2. The molecule has 0 aliphatic carbocycles. The van der Waals surface area contributed by atoms with Gasteiger partial charge in [-0.2, -0.15) is 4.98 Å². The molecule has 2 atom stereocenters. The van der Waals surface area contributed by atoms with E-state index in [0.29, 0.717) is 31.3 Å². The number of rotatable bonds is 4. The Labute approximate surface area is 151 Å². The molecule has 136 valence electrons. The highest BCUT2D eigenvalue weighted by Gasteiger charge is 2.24. The molecule has 0 spiro atoms. The lowest BCUT2D eigenvalue weighted by atomic mass is 10.1. The van der Waals surface area contributed by atoms with E-state index in [9.17, 15) is 4.39 Å². The Morgan fingerprint density at radius 2 is 1.92 bits per heavy atom. The molecule has 1 aliphatic rings. The van der Waals surface area contributed by atoms with Crippen LogP contribution < -0.4 is 10.2 Å². The minimum Gasteiger partial charge on any atom is -0.424 e. The van der Waals surface area contributed by atoms with E-state index in [4.69, 9.17) is 9.15 Å². The third-order valence-corrected chi connectivity index (χ3v) is 4.51. The summed E-state index contributed by atoms with van der Waals surface area (Å²) in [6.45, 7) is 5.86. The molecular formula is C20H22FN3O2. The maximum atomic E-state index is 14.6. The fourth-order valence-corrected chi connectivity index (χ4v) is 3.42. The van der Waals surface area contributed by atoms with Crippen molar-refractivity contribution in [2.75, 3.05) is 23.3 Å². The molecule has 2 heterocycles. The van der Waals surface area contributed by atoms with Crippen LogP contribution >= 0.6 is 0 Å². The number of morpholine rings is 1. The molecule has 0 amide bonds. The first-order chi connectivity index (χ1) is 12.6. The number of hydrogen-bond donors (Lipinski definition) is 1. The van der Waals surface area contributed by atoms with Gasteiger partial charge in [0.1, 0.15) is 11.3 Å². The zero-order valence-electron chi connectivity index (χ0n) is 14.9. The lowest BCUT2D eigenvalue weighted by Crippen LogP contribution is -2.45. The first-order valence-corrected chi connectivity index (χ1v) is 8.87. The molecule has 2 aromatic carbocycles. The summed E-state index contributed by atoms with van der Waals surface area (Å²) in [5.74, 6) is -0.219. The number of hydrogen-bond acceptors (Lipinski definition) is 5. The van der Waals surface area contributed by atoms with Gasteiger partial charge in [-0.05, 0) is 43.7 Å². The van der Waals surface area contributed by atoms with Gasteiger partial charge in [0.15, 0.2) is 5.58 Å². The highest BCUT2D eigenvalue weighted by Crippen LogP contribution is 2.25. The van der Waals surface area contributed by atoms with Crippen molar-refractivity contribution in [1.82, 2.24) is 4.98 Å². The molecular weight excluding hydrogens is 333 g/mol. The fraction of sp³-hybridized carbons (Fsp3) is 0.350. The largest absolute Gasteiger partial charge is 0.424 e. The third-order valence-electron chi connectivity index (χ3n) is 4.51. The van der Waals surface area contributed by atoms with Gasteiger partial charge < -0.3 is 19.4 Å². The van der Waals surface area contributed by atoms with Crippen molar-refractivity contribution in [2.24, 2.45) is 0 Å². The molecule has 1 aromatic heterocycles. The van der Waals surface area contributed by atoms with Crippen LogP contribution in [0.2, 0.25) is 0 Å². The number of aromatic nitrogens is 1. The van der Waals surface area contributed by atoms with E-state index in [1.165, 1.54) is 0 Å². The normalized spacial score (nSPS) is 20.5. The predicted molar refractivity (Wildman–Crippen MR) is 100.0 cm³/mol. The summed E-state index contributed by atoms with van der Waals surface area (Å²) in [5, 5.41) is 3.11. The Morgan fingerprint density at radius 1 is 1.15 bits per heavy atom. The Kier molecular flexibility index (Phi) is 4.51. The average Bonchev–Trinajstić information content (AvgIpc) is 3.02. The molecule has 0 bridgehead atoms. The molecule has 0 unspecified atom stereocenters. The van der Waals surface area contributed by atoms with Crippen LogP contribution in [0, 0.1) is 5.82 Å². The number of benzene rings is 2. The van der Waals surface area contributed by atoms with E-state index in [-0.39, 0.29) is 18.0 Å². The summed E-state index contributed by atoms with van der Waals surface area (Å²) >= 11 is 0. The van der Waals surface area contributed by atoms with Crippen molar-refractivity contribution in [1.29, 1.82) is 0 Å². The van der Waals surface area contributed by atoms with Crippen molar-refractivity contribution in [2.45, 2.75) is 32.6 Å². The van der Waals surface area contributed by atoms with E-state index >= 15 is 0 Å². The maximum Gasteiger partial charge on any atom is 0.295 e. The van der Waals surface area contributed by atoms with Crippen molar-refractivity contribution in [3.63, 3.8) is 0 Å². The van der Waals surface area contributed by atoms with Gasteiger partial charge in [0.2, 0.25) is 0 Å². The summed E-state index contributed by atoms with van der Waals surface area (Å²) in [6, 6.07) is 13.3. The van der Waals surface area contributed by atoms with Crippen molar-refractivity contribution in [3.8, 4) is 0 Å². The molecule has 5 nitrogen and oxygen atoms in total. The van der Waals surface area contributed by atoms with E-state index in [1.54, 1.807) is 6.07 Å². The van der Waals surface area contributed by atoms with E-state index in [0.717, 1.165) is 16.7 Å². The quantitative estimate of drug-likeness (QED) is 0.760. The molecule has 1 aliphatic heterocycles. The highest BCUT2D eigenvalue weighted by molar-refractivity contribution is 5.74. The predicted octanol–water partition coefficient (Wildman–Crippen LogP) is 4.19. The number of oxazole rings is 1. The van der Waals surface area contributed by atoms with Crippen molar-refractivity contribution < 1.29 is 13.5 Å². The second kappa shape index (κ2) is 6.96. The Bertz CT molecular complexity index is 868. The van der Waals surface area contributed by atoms with E-state index in [2.05, 4.69) is 10.3 Å². The van der Waals surface area contributed by atoms with Gasteiger partial charge in [-0.25, -0.2) is 4.39 Å². The zero-order chi connectivity index (χ0) is 18.1. The Morgan fingerprint density at radius 3 is 2.65 bits per heavy atom. The summed E-state index contributed by atoms with van der Waals surface area (Å²) in [6.07, 6.45) is 0.192. The number of para-hydroxylation sites is 2. The van der Waals surface area contributed by atoms with Crippen LogP contribution in [0.1, 0.15) is 19.4 Å². The van der Waals surface area contributed by atoms with E-state index < -0.39 is 0 Å². The average molecular weight is 355 g/mol. The van der Waals surface area contributed by atoms with Gasteiger partial charge in [-0.1, -0.05) is 18.2 Å². The summed E-state index contributed by atoms with van der Waals surface area (Å²) < 4.78 is 26.0. The summed E-state index contributed by atoms with van der Waals surface area (Å²) in [7, 11) is 0. The van der Waals surface area contributed by atoms with Crippen molar-refractivity contribution >= 4 is 22.8 Å². The highest BCUT2D eigenvalue weighted by atomic mass is 19.1. The number of fused-ring (bicyclic) bond motifs is 1. The van der Waals surface area contributed by atoms with Gasteiger partial charge >= 0.3 is 0 Å². The number of nitrogens with one attached hydrogen (secondary N) is 1. The van der Waals surface area contributed by atoms with Gasteiger partial charge in [-0.3, -0.25) is 0 Å². The smallest absolute Gasteiger partial charge is 0.295 e. The second-order valence-electron chi connectivity index (χ2n) is 6.79. The van der Waals surface area contributed by atoms with Gasteiger partial charge in [-0.15, -0.1) is 0 Å². The van der Waals surface area contributed by atoms with Gasteiger partial charge in [0.05, 0.1) is 17.9 Å². The van der Waals surface area contributed by atoms with E-state index in [1.807, 2.05) is 55.1 Å². The standard InChI is InChI=1S/C20H22FN3O2/c1-13-11-24(12-14(2)25-13)18-8-7-15(9-16(18)21)10-22-20-23-17-5-3-4-6-19(17)26-20/h3-9,13-14H,10-12H2,1-2H3,(H,22,23)/t13-,14-/m1/s1. The number of halogens is 1. The van der Waals surface area contributed by atoms with Crippen LogP contribution in [0.5, 0.6) is 0 Å². The molecule has 6 heteroatoms. The first-order valence-electron chi connectivity index (χ1n) is 8.87. The lowest BCUT2D eigenvalue weighted by molar-refractivity contribution is -0.00539. The minimum atomic E-state index is -0.219. The number of nitrogens with zero attached hydrogens (tertiary/aromatic N) is 2. The lowest BCUT2D eigenvalue weighted by Gasteiger charge is -2.37. The van der Waals surface area contributed by atoms with Crippen molar-refractivity contribution in [3.05, 3.63) is 53.8 Å². The zero-order valence-corrected chi connectivity index (χ0v) is 14.9. The topological polar surface area (TPSA) is 50.5 Å². The molecule has 4 rings (SSSR count). The molecule has 0 saturated carbocycles. The fourth-order valence-electron chi connectivity index (χ4n) is 3.42. The SMILES string of the molecule is C[C@@H]1CN(c2ccc(CNc3nc4ccccc4o3)cc2F)C[C@@H](C)O1. The van der Waals surface area contributed by atoms with Crippen LogP contribution in [0.25, 0.3) is 11.1 Å². The molecule has 1 fully saturated rings. The molecule has 3 aromatic rings. The molecule has 1 N–H and O–H groups in total. The minimum absolute atomic E-state index is 0.0960. The van der Waals surface area contributed by atoms with Crippen LogP contribution in [0.3, 0.4) is 0 Å². The maximum absolute atomic E-state index is 14.6. The summed E-state index contributed by atoms with van der Waals surface area (Å²) in [4.78, 5) is 6.41. The van der Waals surface area contributed by atoms with Gasteiger partial charge in [0.25, 0.3) is 6.01 Å². The van der Waals surface area contributed by atoms with Crippen LogP contribution in [0.4, 0.5) is 16.1 Å². The monoisotopic (exact) mass is 355 g/mol. The van der Waals surface area contributed by atoms with Gasteiger partial charge in [0, 0.05) is 19.6 Å². The molecule has 26 heavy (non-hydrogen) atoms. The third kappa shape index (κ3) is 3.51. The summed E-state index contributed by atoms with van der Waals surface area (Å²) in [5.41, 5.74) is 2.99. The number of ether oxygens (including phenoxy) is 1. The Hall–Kier alpha value is -2.60. The Balaban J connectivity index is 1.45.